The number of hydrogen-bond acceptors (Lipinski definition) is 56. The first kappa shape index (κ1) is 117. The maximum atomic E-state index is 13.4. The van der Waals surface area contributed by atoms with Crippen molar-refractivity contribution in [2.75, 3.05) is 79.3 Å². The Labute approximate surface area is 793 Å². The molecule has 810 valence electrons. The lowest BCUT2D eigenvalue weighted by Gasteiger charge is -2.52. The van der Waals surface area contributed by atoms with Crippen LogP contribution in [0.5, 0.6) is 0 Å². The highest BCUT2D eigenvalue weighted by Crippen LogP contribution is 2.42. The van der Waals surface area contributed by atoms with Gasteiger partial charge in [-0.3, -0.25) is 28.8 Å². The van der Waals surface area contributed by atoms with Crippen molar-refractivity contribution < 1.29 is 277 Å². The second-order valence-electron chi connectivity index (χ2n) is 35.1. The van der Waals surface area contributed by atoms with Gasteiger partial charge in [-0.1, -0.05) is 0 Å². The van der Waals surface area contributed by atoms with E-state index in [1.165, 1.54) is 0 Å². The van der Waals surface area contributed by atoms with Crippen LogP contribution in [0.4, 0.5) is 0 Å². The number of aliphatic hydroxyl groups is 30. The van der Waals surface area contributed by atoms with Gasteiger partial charge in [-0.25, -0.2) is 0 Å². The van der Waals surface area contributed by atoms with Crippen molar-refractivity contribution >= 4 is 35.4 Å². The van der Waals surface area contributed by atoms with E-state index in [4.69, 9.17) is 94.7 Å². The molecule has 36 N–H and O–H groups in total. The molecular formula is C78H132N6O56. The number of rotatable bonds is 41. The molecule has 62 heteroatoms. The van der Waals surface area contributed by atoms with Crippen molar-refractivity contribution in [2.24, 2.45) is 0 Å². The Bertz CT molecular complexity index is 3860. The van der Waals surface area contributed by atoms with E-state index in [2.05, 4.69) is 31.9 Å². The van der Waals surface area contributed by atoms with Gasteiger partial charge in [0.25, 0.3) is 0 Å². The van der Waals surface area contributed by atoms with Gasteiger partial charge in [-0.05, 0) is 0 Å². The van der Waals surface area contributed by atoms with Crippen LogP contribution in [0.3, 0.4) is 0 Å². The molecule has 10 rings (SSSR count). The minimum atomic E-state index is -2.80. The fourth-order valence-corrected chi connectivity index (χ4v) is 17.7. The Kier molecular flexibility index (Phi) is 43.5. The molecule has 10 aliphatic heterocycles. The third-order valence-corrected chi connectivity index (χ3v) is 25.0. The van der Waals surface area contributed by atoms with Gasteiger partial charge >= 0.3 is 0 Å². The fourth-order valence-electron chi connectivity index (χ4n) is 17.7. The number of amides is 6. The lowest BCUT2D eigenvalue weighted by Crippen LogP contribution is -2.71. The molecule has 0 saturated carbocycles. The Balaban J connectivity index is 1.09. The molecule has 0 aromatic rings. The molecule has 0 aromatic heterocycles. The zero-order valence-electron chi connectivity index (χ0n) is 75.7. The molecule has 0 bridgehead atoms. The van der Waals surface area contributed by atoms with Crippen LogP contribution in [-0.4, -0.2) is 599 Å². The first-order valence-corrected chi connectivity index (χ1v) is 44.5. The predicted octanol–water partition coefficient (Wildman–Crippen LogP) is -24.5. The summed E-state index contributed by atoms with van der Waals surface area (Å²) in [5.74, 6) is -5.83. The van der Waals surface area contributed by atoms with Gasteiger partial charge in [0.1, 0.15) is 262 Å². The van der Waals surface area contributed by atoms with Crippen molar-refractivity contribution in [2.45, 2.75) is 373 Å². The largest absolute Gasteiger partial charge is 0.394 e. The van der Waals surface area contributed by atoms with E-state index in [1.807, 2.05) is 0 Å². The Morgan fingerprint density at radius 1 is 0.243 bits per heavy atom. The molecule has 54 atom stereocenters. The smallest absolute Gasteiger partial charge is 0.217 e. The second kappa shape index (κ2) is 52.1. The van der Waals surface area contributed by atoms with E-state index in [-0.39, 0.29) is 0 Å². The van der Waals surface area contributed by atoms with Crippen LogP contribution < -0.4 is 31.9 Å². The molecule has 0 spiro atoms. The van der Waals surface area contributed by atoms with Crippen molar-refractivity contribution in [1.82, 2.24) is 31.9 Å². The number of ether oxygens (including phenoxy) is 20. The van der Waals surface area contributed by atoms with Crippen LogP contribution >= 0.6 is 0 Å². The molecule has 10 fully saturated rings. The Hall–Kier alpha value is -5.18. The summed E-state index contributed by atoms with van der Waals surface area (Å²) in [5.41, 5.74) is 0. The summed E-state index contributed by atoms with van der Waals surface area (Å²) < 4.78 is 121. The van der Waals surface area contributed by atoms with Gasteiger partial charge in [0.05, 0.1) is 85.3 Å². The monoisotopic (exact) mass is 2050 g/mol. The molecule has 10 saturated heterocycles. The first-order chi connectivity index (χ1) is 66.2. The highest BCUT2D eigenvalue weighted by molar-refractivity contribution is 5.75. The number of hydrogen-bond donors (Lipinski definition) is 36. The number of carbonyl (C=O) groups is 6. The van der Waals surface area contributed by atoms with Crippen molar-refractivity contribution in [1.29, 1.82) is 0 Å². The number of aliphatic hydroxyl groups excluding tert-OH is 30. The van der Waals surface area contributed by atoms with Gasteiger partial charge < -0.3 is 280 Å². The molecule has 10 heterocycles. The van der Waals surface area contributed by atoms with Crippen LogP contribution in [0.1, 0.15) is 41.5 Å². The molecular weight excluding hydrogens is 1920 g/mol. The summed E-state index contributed by atoms with van der Waals surface area (Å²) >= 11 is 0. The molecule has 10 aliphatic rings. The van der Waals surface area contributed by atoms with E-state index in [1.54, 1.807) is 0 Å². The lowest BCUT2D eigenvalue weighted by molar-refractivity contribution is -0.405. The Morgan fingerprint density at radius 2 is 0.514 bits per heavy atom. The summed E-state index contributed by atoms with van der Waals surface area (Å²) in [7, 11) is 0. The maximum absolute atomic E-state index is 13.4. The average Bonchev–Trinajstić information content (AvgIpc) is 0.761. The third-order valence-electron chi connectivity index (χ3n) is 25.0. The summed E-state index contributed by atoms with van der Waals surface area (Å²) in [6.07, 6.45) is -107. The van der Waals surface area contributed by atoms with Crippen LogP contribution in [0, 0.1) is 0 Å². The minimum Gasteiger partial charge on any atom is -0.394 e. The SMILES string of the molecule is CC(=O)N[C@H]1[C@H](O[C@@H]([C@H](O)[C@H](CO)NC(C)=O)[C@H](O)CO)O[C@H](CO)[C@@H](O[C@@H]2O[C@H](CO[C@H]3O[C@H](CO[C@@H]4O[C@H](CO)[C@@H](O)[C@H](O)[C@H]4NC(C)=O)[C@@H](O)[C@H](O)[C@@H]3O[C@@H]3O[C@H](CO)[C@@H](O[C@@H]4O[C@H](CO)[C@H](O)[C@H](O)[C@H]4O)[C@H](O)[C@H]3NC(C)=O)[C@@H](O)[C@H](O[C@H]3O[C@H](CO)[C@@H](O[C@@H]4O[C@H](CO)[C@@H](O)[C@H](O)[C@H]4NC(C)=O)[C@H](O)[C@@H]3O[C@@H]3O[C@H](CO)[C@@H](O[C@@H]4O[C@H](CO)[C@H](O)[C@H](O)[C@H]4O)[C@H](O)[C@H]3NC(C)=O)[C@@H]2O)[C@@H]1O. The van der Waals surface area contributed by atoms with Crippen molar-refractivity contribution in [3.63, 3.8) is 0 Å². The molecule has 0 radical (unpaired) electrons. The zero-order chi connectivity index (χ0) is 104. The molecule has 6 amide bonds. The van der Waals surface area contributed by atoms with Gasteiger partial charge in [-0.2, -0.15) is 0 Å². The topological polar surface area (TPSA) is 966 Å². The lowest BCUT2D eigenvalue weighted by atomic mass is 9.93. The average molecular weight is 2050 g/mol. The van der Waals surface area contributed by atoms with Gasteiger partial charge in [-0.15, -0.1) is 0 Å². The molecule has 0 aliphatic carbocycles. The second-order valence-corrected chi connectivity index (χ2v) is 35.1. The highest BCUT2D eigenvalue weighted by Gasteiger charge is 2.63. The molecule has 0 aromatic carbocycles. The zero-order valence-corrected chi connectivity index (χ0v) is 75.7. The van der Waals surface area contributed by atoms with E-state index >= 15 is 0 Å². The highest BCUT2D eigenvalue weighted by atomic mass is 16.8. The van der Waals surface area contributed by atoms with E-state index in [0.717, 1.165) is 41.5 Å². The number of nitrogens with one attached hydrogen (secondary N) is 6. The quantitative estimate of drug-likeness (QED) is 0.0270. The van der Waals surface area contributed by atoms with Crippen LogP contribution in [0.25, 0.3) is 0 Å². The van der Waals surface area contributed by atoms with Gasteiger partial charge in [0, 0.05) is 41.5 Å². The van der Waals surface area contributed by atoms with E-state index in [9.17, 15) is 182 Å². The number of carbonyl (C=O) groups excluding carboxylic acids is 6. The molecule has 62 nitrogen and oxygen atoms in total. The van der Waals surface area contributed by atoms with Crippen molar-refractivity contribution in [3.8, 4) is 0 Å². The maximum Gasteiger partial charge on any atom is 0.217 e. The van der Waals surface area contributed by atoms with E-state index < -0.39 is 446 Å². The van der Waals surface area contributed by atoms with Crippen molar-refractivity contribution in [3.05, 3.63) is 0 Å². The minimum absolute atomic E-state index is 0.863. The first-order valence-electron chi connectivity index (χ1n) is 44.5. The molecule has 140 heavy (non-hydrogen) atoms. The Morgan fingerprint density at radius 3 is 0.893 bits per heavy atom. The summed E-state index contributed by atoms with van der Waals surface area (Å²) in [6, 6.07) is -11.7. The summed E-state index contributed by atoms with van der Waals surface area (Å²) in [6.45, 7) is -8.77. The van der Waals surface area contributed by atoms with Crippen LogP contribution in [0.15, 0.2) is 0 Å². The van der Waals surface area contributed by atoms with Gasteiger partial charge in [0.2, 0.25) is 35.4 Å². The van der Waals surface area contributed by atoms with Crippen LogP contribution in [0.2, 0.25) is 0 Å². The predicted molar refractivity (Wildman–Crippen MR) is 434 cm³/mol. The van der Waals surface area contributed by atoms with Gasteiger partial charge in [0.15, 0.2) is 62.9 Å². The molecule has 0 unspecified atom stereocenters. The van der Waals surface area contributed by atoms with Crippen LogP contribution in [-0.2, 0) is 124 Å². The summed E-state index contributed by atoms with van der Waals surface area (Å²) in [5, 5.41) is 353. The normalized spacial score (nSPS) is 45.7. The summed E-state index contributed by atoms with van der Waals surface area (Å²) in [4.78, 5) is 77.5. The standard InChI is InChI=1S/C78H132N6O56/c1-19(95)79-25(7-85)42(102)61(26(101)8-86)133-71-39(82-22(4)98)51(111)64(33(15-93)127-71)137-76-60(120)66(138-78-68(59(119)65(34(16-94)130-78)134-70-38(81-21(3)97)50(110)44(104)28(10-88)124-70)140-73-41(84-24(6)100)53(113)63(32(14-92)129-73)136-75-58(118)55(115)46(106)30(12-90)126-75)48(108)36(131-76)18-122-77-67(56(116)47(107)35(132-77)17-121-69-37(80-20(2)96)49(109)43(103)27(9-87)123-69)139-72-40(83-23(5)99)52(112)62(31(13-91)128-72)135-74-57(117)54(114)45(105)29(11-89)125-74/h25-78,85-94,101-120H,7-18H2,1-6H3,(H,79,95)(H,80,96)(H,81,97)(H,82,98)(H,83,99)(H,84,100)/t25-,26+,27+,28+,29+,30+,31+,32+,33+,34+,35+,36+,37+,38+,39+,40+,41+,42+,43+,44+,45-,46-,47+,48+,49+,50+,51+,52+,53+,54-,55-,56-,57+,58+,59-,60-,61+,62+,63+,64+,65+,66-,67-,68-,69+,70-,71-,72-,73-,74-,75-,76-,77-,78+/m0/s1. The third kappa shape index (κ3) is 26.9. The fraction of sp³-hybridized carbons (Fsp3) is 0.923. The van der Waals surface area contributed by atoms with E-state index in [0.29, 0.717) is 0 Å².